The number of aryl methyl sites for hydroxylation is 3. The zero-order chi connectivity index (χ0) is 20.6. The van der Waals surface area contributed by atoms with E-state index in [0.29, 0.717) is 11.1 Å². The third-order valence-electron chi connectivity index (χ3n) is 6.60. The zero-order valence-corrected chi connectivity index (χ0v) is 17.1. The molecule has 6 rings (SSSR count). The molecule has 0 radical (unpaired) electrons. The molecule has 150 valence electrons. The molecule has 5 nitrogen and oxygen atoms in total. The first-order chi connectivity index (χ1) is 14.6. The van der Waals surface area contributed by atoms with Gasteiger partial charge in [0.25, 0.3) is 0 Å². The van der Waals surface area contributed by atoms with Gasteiger partial charge in [0.1, 0.15) is 0 Å². The maximum atomic E-state index is 11.1. The van der Waals surface area contributed by atoms with Crippen LogP contribution >= 0.6 is 0 Å². The second-order valence-corrected chi connectivity index (χ2v) is 8.28. The van der Waals surface area contributed by atoms with Gasteiger partial charge in [-0.3, -0.25) is 4.57 Å². The van der Waals surface area contributed by atoms with Crippen LogP contribution in [-0.2, 0) is 27.1 Å². The quantitative estimate of drug-likeness (QED) is 0.432. The van der Waals surface area contributed by atoms with E-state index < -0.39 is 0 Å². The summed E-state index contributed by atoms with van der Waals surface area (Å²) in [6.45, 7) is 0.969. The van der Waals surface area contributed by atoms with E-state index in [-0.39, 0.29) is 11.8 Å². The highest BCUT2D eigenvalue weighted by atomic mass is 16.3. The number of aromatic hydroxyl groups is 2. The van der Waals surface area contributed by atoms with Gasteiger partial charge >= 0.3 is 0 Å². The average Bonchev–Trinajstić information content (AvgIpc) is 3.37. The van der Waals surface area contributed by atoms with Crippen molar-refractivity contribution in [3.63, 3.8) is 0 Å². The van der Waals surface area contributed by atoms with E-state index in [9.17, 15) is 10.2 Å². The predicted octanol–water partition coefficient (Wildman–Crippen LogP) is 5.16. The summed E-state index contributed by atoms with van der Waals surface area (Å²) in [6.07, 6.45) is 6.35. The second-order valence-electron chi connectivity index (χ2n) is 8.28. The number of benzene rings is 2. The minimum atomic E-state index is 0.0748. The van der Waals surface area contributed by atoms with Gasteiger partial charge < -0.3 is 19.3 Å². The van der Waals surface area contributed by atoms with Gasteiger partial charge in [0.2, 0.25) is 11.8 Å². The monoisotopic (exact) mass is 397 g/mol. The lowest BCUT2D eigenvalue weighted by Crippen LogP contribution is -2.05. The molecule has 2 N–H and O–H groups in total. The summed E-state index contributed by atoms with van der Waals surface area (Å²) in [6, 6.07) is 14.6. The molecule has 0 spiro atoms. The lowest BCUT2D eigenvalue weighted by Gasteiger charge is -2.14. The average molecular weight is 397 g/mol. The van der Waals surface area contributed by atoms with E-state index in [1.807, 2.05) is 25.4 Å². The van der Waals surface area contributed by atoms with E-state index in [4.69, 9.17) is 0 Å². The minimum absolute atomic E-state index is 0.0748. The molecule has 0 unspecified atom stereocenters. The Hall–Kier alpha value is -3.60. The Morgan fingerprint density at radius 2 is 1.50 bits per heavy atom. The largest absolute Gasteiger partial charge is 0.494 e. The summed E-state index contributed by atoms with van der Waals surface area (Å²) in [7, 11) is 3.71. The van der Waals surface area contributed by atoms with Gasteiger partial charge in [0.05, 0.1) is 16.6 Å². The molecule has 0 aliphatic carbocycles. The first kappa shape index (κ1) is 17.3. The molecule has 0 atom stereocenters. The summed E-state index contributed by atoms with van der Waals surface area (Å²) >= 11 is 0. The lowest BCUT2D eigenvalue weighted by atomic mass is 9.96. The van der Waals surface area contributed by atoms with Crippen LogP contribution in [0.5, 0.6) is 11.8 Å². The Labute approximate surface area is 174 Å². The molecule has 0 saturated heterocycles. The highest BCUT2D eigenvalue weighted by Gasteiger charge is 2.28. The number of rotatable bonds is 2. The fourth-order valence-corrected chi connectivity index (χ4v) is 5.17. The first-order valence-corrected chi connectivity index (χ1v) is 10.3. The topological polar surface area (TPSA) is 55.2 Å². The van der Waals surface area contributed by atoms with E-state index in [2.05, 4.69) is 45.7 Å². The Balaban J connectivity index is 1.73. The van der Waals surface area contributed by atoms with Crippen LogP contribution in [0.25, 0.3) is 44.1 Å². The Morgan fingerprint density at radius 1 is 0.800 bits per heavy atom. The second kappa shape index (κ2) is 5.95. The van der Waals surface area contributed by atoms with Crippen molar-refractivity contribution in [2.24, 2.45) is 14.1 Å². The van der Waals surface area contributed by atoms with Crippen molar-refractivity contribution in [2.45, 2.75) is 19.4 Å². The zero-order valence-electron chi connectivity index (χ0n) is 17.1. The van der Waals surface area contributed by atoms with Crippen LogP contribution in [0.2, 0.25) is 0 Å². The molecule has 30 heavy (non-hydrogen) atoms. The normalized spacial score (nSPS) is 13.5. The van der Waals surface area contributed by atoms with Gasteiger partial charge in [-0.1, -0.05) is 36.4 Å². The van der Waals surface area contributed by atoms with Crippen molar-refractivity contribution in [1.82, 2.24) is 13.7 Å². The number of hydrogen-bond donors (Lipinski definition) is 2. The Morgan fingerprint density at radius 3 is 2.30 bits per heavy atom. The van der Waals surface area contributed by atoms with Crippen molar-refractivity contribution in [3.05, 3.63) is 60.4 Å². The molecule has 5 aromatic rings. The number of nitrogens with zero attached hydrogens (tertiary/aromatic N) is 3. The molecule has 0 fully saturated rings. The molecule has 1 aliphatic rings. The SMILES string of the molecule is Cn1c(O)c(-c2cn(C)c3ccccc23)c(-c2cn3c4c(cccc24)CCC3)c1O. The molecular formula is C25H23N3O2. The maximum absolute atomic E-state index is 11.1. The van der Waals surface area contributed by atoms with Crippen LogP contribution in [0.3, 0.4) is 0 Å². The fraction of sp³-hybridized carbons (Fsp3) is 0.200. The summed E-state index contributed by atoms with van der Waals surface area (Å²) in [5.41, 5.74) is 6.92. The van der Waals surface area contributed by atoms with Gasteiger partial charge in [-0.2, -0.15) is 0 Å². The first-order valence-electron chi connectivity index (χ1n) is 10.3. The van der Waals surface area contributed by atoms with Gasteiger partial charge in [-0.15, -0.1) is 0 Å². The van der Waals surface area contributed by atoms with Crippen molar-refractivity contribution < 1.29 is 10.2 Å². The molecule has 1 aliphatic heterocycles. The summed E-state index contributed by atoms with van der Waals surface area (Å²) < 4.78 is 5.83. The Bertz CT molecular complexity index is 1470. The van der Waals surface area contributed by atoms with Crippen LogP contribution in [0, 0.1) is 0 Å². The summed E-state index contributed by atoms with van der Waals surface area (Å²) in [4.78, 5) is 0. The minimum Gasteiger partial charge on any atom is -0.494 e. The van der Waals surface area contributed by atoms with Crippen molar-refractivity contribution in [1.29, 1.82) is 0 Å². The number of fused-ring (bicyclic) bond motifs is 1. The third kappa shape index (κ3) is 2.12. The molecule has 0 saturated carbocycles. The van der Waals surface area contributed by atoms with Crippen LogP contribution in [0.15, 0.2) is 54.9 Å². The highest BCUT2D eigenvalue weighted by Crippen LogP contribution is 2.51. The van der Waals surface area contributed by atoms with Crippen LogP contribution in [0.4, 0.5) is 0 Å². The number of hydrogen-bond acceptors (Lipinski definition) is 2. The Kier molecular flexibility index (Phi) is 3.43. The maximum Gasteiger partial charge on any atom is 0.202 e. The smallest absolute Gasteiger partial charge is 0.202 e. The van der Waals surface area contributed by atoms with Crippen LogP contribution in [-0.4, -0.2) is 23.9 Å². The number of para-hydroxylation sites is 2. The molecule has 3 aromatic heterocycles. The van der Waals surface area contributed by atoms with Crippen LogP contribution in [0.1, 0.15) is 12.0 Å². The van der Waals surface area contributed by atoms with Crippen molar-refractivity contribution in [3.8, 4) is 34.0 Å². The van der Waals surface area contributed by atoms with Gasteiger partial charge in [-0.05, 0) is 24.5 Å². The van der Waals surface area contributed by atoms with E-state index in [0.717, 1.165) is 46.8 Å². The van der Waals surface area contributed by atoms with Crippen molar-refractivity contribution >= 4 is 21.8 Å². The lowest BCUT2D eigenvalue weighted by molar-refractivity contribution is 0.388. The predicted molar refractivity (Wildman–Crippen MR) is 120 cm³/mol. The highest BCUT2D eigenvalue weighted by molar-refractivity contribution is 6.08. The summed E-state index contributed by atoms with van der Waals surface area (Å²) in [5, 5.41) is 24.4. The molecule has 0 amide bonds. The molecule has 4 heterocycles. The van der Waals surface area contributed by atoms with Crippen LogP contribution < -0.4 is 0 Å². The summed E-state index contributed by atoms with van der Waals surface area (Å²) in [5.74, 6) is 0.157. The van der Waals surface area contributed by atoms with E-state index in [1.165, 1.54) is 15.6 Å². The van der Waals surface area contributed by atoms with Gasteiger partial charge in [0.15, 0.2) is 0 Å². The molecule has 2 aromatic carbocycles. The van der Waals surface area contributed by atoms with E-state index in [1.54, 1.807) is 7.05 Å². The molecule has 5 heteroatoms. The third-order valence-corrected chi connectivity index (χ3v) is 6.60. The molecular weight excluding hydrogens is 374 g/mol. The van der Waals surface area contributed by atoms with Gasteiger partial charge in [0, 0.05) is 60.4 Å². The fourth-order valence-electron chi connectivity index (χ4n) is 5.17. The molecule has 0 bridgehead atoms. The number of aromatic nitrogens is 3. The van der Waals surface area contributed by atoms with Gasteiger partial charge in [-0.25, -0.2) is 0 Å². The van der Waals surface area contributed by atoms with Crippen molar-refractivity contribution in [2.75, 3.05) is 0 Å². The standard InChI is InChI=1S/C25H23N3O2/c1-26-13-18(16-9-3-4-11-20(16)26)21-22(25(30)27(2)24(21)29)19-14-28-12-6-8-15-7-5-10-17(19)23(15)28/h3-5,7,9-11,13-14,29-30H,6,8,12H2,1-2H3. The van der Waals surface area contributed by atoms with E-state index >= 15 is 0 Å².